The monoisotopic (exact) mass is 444 g/mol. The lowest BCUT2D eigenvalue weighted by atomic mass is 10.0. The lowest BCUT2D eigenvalue weighted by molar-refractivity contribution is -0.384. The molecule has 0 aliphatic carbocycles. The lowest BCUT2D eigenvalue weighted by Crippen LogP contribution is -2.02. The number of azo groups is 1. The van der Waals surface area contributed by atoms with Gasteiger partial charge in [-0.1, -0.05) is 61.6 Å². The molecule has 4 rings (SSSR count). The molecule has 9 heteroatoms. The summed E-state index contributed by atoms with van der Waals surface area (Å²) < 4.78 is 1.03. The number of thiazole rings is 1. The van der Waals surface area contributed by atoms with E-state index in [-0.39, 0.29) is 5.69 Å². The molecule has 0 saturated carbocycles. The molecule has 32 heavy (non-hydrogen) atoms. The molecule has 0 radical (unpaired) electrons. The summed E-state index contributed by atoms with van der Waals surface area (Å²) >= 11 is 1.45. The van der Waals surface area contributed by atoms with E-state index in [9.17, 15) is 10.1 Å². The zero-order valence-electron chi connectivity index (χ0n) is 17.5. The molecule has 160 valence electrons. The number of amidine groups is 1. The summed E-state index contributed by atoms with van der Waals surface area (Å²) in [6.45, 7) is 4.26. The third-order valence-electron chi connectivity index (χ3n) is 4.72. The first-order valence-electron chi connectivity index (χ1n) is 9.95. The molecule has 0 amide bonds. The Labute approximate surface area is 188 Å². The van der Waals surface area contributed by atoms with Crippen LogP contribution >= 0.6 is 11.3 Å². The van der Waals surface area contributed by atoms with Gasteiger partial charge in [0.15, 0.2) is 0 Å². The number of hydrogen-bond donors (Lipinski definition) is 1. The molecule has 0 bridgehead atoms. The molecule has 0 unspecified atom stereocenters. The standard InChI is InChI=1S/C23H20N6O2S/c1-15(2)16-7-9-17(10-8-16)22(26-25-18-11-13-19(14-12-18)29(30)31)27-28-23-24-20-5-3-4-6-21(20)32-23/h3-15,25H,1-2H3. The zero-order chi connectivity index (χ0) is 22.5. The van der Waals surface area contributed by atoms with Gasteiger partial charge in [0, 0.05) is 17.7 Å². The van der Waals surface area contributed by atoms with Gasteiger partial charge in [-0.3, -0.25) is 15.5 Å². The normalized spacial score (nSPS) is 12.0. The molecule has 0 aliphatic heterocycles. The number of nitro groups is 1. The number of hydrogen-bond acceptors (Lipinski definition) is 7. The highest BCUT2D eigenvalue weighted by Gasteiger charge is 2.08. The van der Waals surface area contributed by atoms with Crippen molar-refractivity contribution in [3.8, 4) is 0 Å². The van der Waals surface area contributed by atoms with Crippen molar-refractivity contribution in [1.29, 1.82) is 0 Å². The predicted molar refractivity (Wildman–Crippen MR) is 128 cm³/mol. The third kappa shape index (κ3) is 5.01. The van der Waals surface area contributed by atoms with Crippen molar-refractivity contribution >= 4 is 43.9 Å². The number of rotatable bonds is 6. The summed E-state index contributed by atoms with van der Waals surface area (Å²) in [6, 6.07) is 21.8. The molecule has 1 N–H and O–H groups in total. The van der Waals surface area contributed by atoms with E-state index >= 15 is 0 Å². The van der Waals surface area contributed by atoms with E-state index < -0.39 is 4.92 Å². The topological polar surface area (TPSA) is 105 Å². The van der Waals surface area contributed by atoms with E-state index in [4.69, 9.17) is 0 Å². The Bertz CT molecular complexity index is 1260. The Morgan fingerprint density at radius 1 is 1.03 bits per heavy atom. The van der Waals surface area contributed by atoms with E-state index in [2.05, 4.69) is 39.6 Å². The van der Waals surface area contributed by atoms with Gasteiger partial charge in [0.05, 0.1) is 20.8 Å². The Morgan fingerprint density at radius 2 is 1.75 bits per heavy atom. The first kappa shape index (κ1) is 21.3. The Balaban J connectivity index is 1.63. The summed E-state index contributed by atoms with van der Waals surface area (Å²) in [4.78, 5) is 14.9. The summed E-state index contributed by atoms with van der Waals surface area (Å²) in [5.74, 6) is 0.782. The lowest BCUT2D eigenvalue weighted by Gasteiger charge is -2.07. The van der Waals surface area contributed by atoms with Crippen LogP contribution in [-0.2, 0) is 0 Å². The minimum atomic E-state index is -0.443. The number of non-ortho nitro benzene ring substituents is 1. The second-order valence-electron chi connectivity index (χ2n) is 7.29. The molecule has 0 saturated heterocycles. The fourth-order valence-corrected chi connectivity index (χ4v) is 3.72. The maximum absolute atomic E-state index is 10.8. The highest BCUT2D eigenvalue weighted by molar-refractivity contribution is 7.21. The van der Waals surface area contributed by atoms with E-state index in [1.165, 1.54) is 29.0 Å². The van der Waals surface area contributed by atoms with Gasteiger partial charge >= 0.3 is 0 Å². The van der Waals surface area contributed by atoms with Crippen molar-refractivity contribution in [2.75, 3.05) is 5.43 Å². The minimum absolute atomic E-state index is 0.0135. The summed E-state index contributed by atoms with van der Waals surface area (Å²) in [7, 11) is 0. The maximum Gasteiger partial charge on any atom is 0.269 e. The second-order valence-corrected chi connectivity index (χ2v) is 8.30. The number of nitrogens with zero attached hydrogens (tertiary/aromatic N) is 5. The van der Waals surface area contributed by atoms with Gasteiger partial charge < -0.3 is 0 Å². The van der Waals surface area contributed by atoms with Gasteiger partial charge in [0.25, 0.3) is 5.69 Å². The number of para-hydroxylation sites is 1. The maximum atomic E-state index is 10.8. The number of nitrogens with one attached hydrogen (secondary N) is 1. The van der Waals surface area contributed by atoms with Crippen molar-refractivity contribution in [3.05, 3.63) is 94.0 Å². The van der Waals surface area contributed by atoms with Crippen LogP contribution in [0.5, 0.6) is 0 Å². The van der Waals surface area contributed by atoms with Gasteiger partial charge in [-0.2, -0.15) is 5.10 Å². The van der Waals surface area contributed by atoms with Crippen molar-refractivity contribution in [2.24, 2.45) is 15.3 Å². The molecule has 3 aromatic carbocycles. The Kier molecular flexibility index (Phi) is 6.27. The van der Waals surface area contributed by atoms with Gasteiger partial charge in [0.2, 0.25) is 11.0 Å². The van der Waals surface area contributed by atoms with Crippen molar-refractivity contribution in [3.63, 3.8) is 0 Å². The zero-order valence-corrected chi connectivity index (χ0v) is 18.3. The number of fused-ring (bicyclic) bond motifs is 1. The van der Waals surface area contributed by atoms with Crippen LogP contribution in [0, 0.1) is 10.1 Å². The summed E-state index contributed by atoms with van der Waals surface area (Å²) in [5, 5.41) is 24.4. The molecule has 0 spiro atoms. The van der Waals surface area contributed by atoms with Crippen molar-refractivity contribution in [1.82, 2.24) is 4.98 Å². The first-order valence-corrected chi connectivity index (χ1v) is 10.8. The number of nitro benzene ring substituents is 1. The number of aromatic nitrogens is 1. The van der Waals surface area contributed by atoms with Gasteiger partial charge in [-0.25, -0.2) is 4.98 Å². The SMILES string of the molecule is CC(C)c1ccc(C(N=Nc2nc3ccccc3s2)=NNc2ccc([N+](=O)[O-])cc2)cc1. The quantitative estimate of drug-likeness (QED) is 0.115. The summed E-state index contributed by atoms with van der Waals surface area (Å²) in [5.41, 5.74) is 6.38. The molecule has 1 heterocycles. The van der Waals surface area contributed by atoms with Crippen LogP contribution in [-0.4, -0.2) is 15.7 Å². The highest BCUT2D eigenvalue weighted by atomic mass is 32.1. The molecule has 1 aromatic heterocycles. The molecule has 0 aliphatic rings. The van der Waals surface area contributed by atoms with Crippen LogP contribution in [0.2, 0.25) is 0 Å². The molecular weight excluding hydrogens is 424 g/mol. The largest absolute Gasteiger partial charge is 0.276 e. The molecule has 0 fully saturated rings. The highest BCUT2D eigenvalue weighted by Crippen LogP contribution is 2.28. The Morgan fingerprint density at radius 3 is 2.41 bits per heavy atom. The average Bonchev–Trinajstić information content (AvgIpc) is 3.22. The van der Waals surface area contributed by atoms with Crippen LogP contribution in [0.3, 0.4) is 0 Å². The van der Waals surface area contributed by atoms with Crippen molar-refractivity contribution in [2.45, 2.75) is 19.8 Å². The average molecular weight is 445 g/mol. The van der Waals surface area contributed by atoms with Crippen LogP contribution < -0.4 is 5.43 Å². The van der Waals surface area contributed by atoms with Gasteiger partial charge in [-0.15, -0.1) is 10.2 Å². The molecular formula is C23H20N6O2S. The van der Waals surface area contributed by atoms with E-state index in [0.717, 1.165) is 15.8 Å². The number of benzene rings is 3. The fourth-order valence-electron chi connectivity index (χ4n) is 2.93. The first-order chi connectivity index (χ1) is 15.5. The van der Waals surface area contributed by atoms with Crippen LogP contribution in [0.15, 0.2) is 88.1 Å². The fraction of sp³-hybridized carbons (Fsp3) is 0.130. The molecule has 8 nitrogen and oxygen atoms in total. The minimum Gasteiger partial charge on any atom is -0.276 e. The smallest absolute Gasteiger partial charge is 0.269 e. The molecule has 0 atom stereocenters. The van der Waals surface area contributed by atoms with Crippen molar-refractivity contribution < 1.29 is 4.92 Å². The molecule has 4 aromatic rings. The number of hydrazone groups is 1. The van der Waals surface area contributed by atoms with E-state index in [1.54, 1.807) is 12.1 Å². The second kappa shape index (κ2) is 9.44. The van der Waals surface area contributed by atoms with Crippen LogP contribution in [0.4, 0.5) is 16.5 Å². The summed E-state index contributed by atoms with van der Waals surface area (Å²) in [6.07, 6.45) is 0. The van der Waals surface area contributed by atoms with Crippen LogP contribution in [0.1, 0.15) is 30.9 Å². The van der Waals surface area contributed by atoms with E-state index in [0.29, 0.717) is 22.6 Å². The van der Waals surface area contributed by atoms with Crippen LogP contribution in [0.25, 0.3) is 10.2 Å². The van der Waals surface area contributed by atoms with Gasteiger partial charge in [0.1, 0.15) is 0 Å². The predicted octanol–water partition coefficient (Wildman–Crippen LogP) is 6.89. The van der Waals surface area contributed by atoms with E-state index in [1.807, 2.05) is 48.5 Å². The number of anilines is 1. The Hall–Kier alpha value is -3.98. The van der Waals surface area contributed by atoms with Gasteiger partial charge in [-0.05, 0) is 35.7 Å². The third-order valence-corrected chi connectivity index (χ3v) is 5.64.